The molecular weight excluding hydrogens is 327 g/mol. The van der Waals surface area contributed by atoms with Gasteiger partial charge in [-0.1, -0.05) is 18.2 Å². The van der Waals surface area contributed by atoms with Gasteiger partial charge in [0.25, 0.3) is 0 Å². The van der Waals surface area contributed by atoms with E-state index in [0.29, 0.717) is 12.0 Å². The highest BCUT2D eigenvalue weighted by Gasteiger charge is 2.22. The number of rotatable bonds is 2. The third-order valence-corrected chi connectivity index (χ3v) is 5.37. The van der Waals surface area contributed by atoms with E-state index in [1.165, 1.54) is 17.8 Å². The third kappa shape index (κ3) is 3.42. The van der Waals surface area contributed by atoms with Crippen LogP contribution in [0.15, 0.2) is 48.0 Å². The van der Waals surface area contributed by atoms with Gasteiger partial charge < -0.3 is 9.80 Å². The van der Waals surface area contributed by atoms with E-state index in [1.54, 1.807) is 6.07 Å². The Morgan fingerprint density at radius 3 is 2.42 bits per heavy atom. The lowest BCUT2D eigenvalue weighted by Gasteiger charge is -2.34. The van der Waals surface area contributed by atoms with Crippen molar-refractivity contribution in [3.05, 3.63) is 70.5 Å². The Labute approximate surface area is 153 Å². The first kappa shape index (κ1) is 17.0. The quantitative estimate of drug-likeness (QED) is 0.770. The van der Waals surface area contributed by atoms with Crippen LogP contribution >= 0.6 is 0 Å². The monoisotopic (exact) mass is 350 g/mol. The van der Waals surface area contributed by atoms with E-state index in [4.69, 9.17) is 0 Å². The number of aryl methyl sites for hydroxylation is 1. The molecule has 0 radical (unpaired) electrons. The second-order valence-corrected chi connectivity index (χ2v) is 7.18. The minimum atomic E-state index is -0.352. The van der Waals surface area contributed by atoms with Crippen LogP contribution in [0.5, 0.6) is 0 Å². The molecule has 1 heterocycles. The van der Waals surface area contributed by atoms with Crippen LogP contribution in [0, 0.1) is 5.82 Å². The van der Waals surface area contributed by atoms with E-state index in [2.05, 4.69) is 41.1 Å². The van der Waals surface area contributed by atoms with Crippen molar-refractivity contribution in [2.75, 3.05) is 38.1 Å². The zero-order valence-electron chi connectivity index (χ0n) is 15.0. The Kier molecular flexibility index (Phi) is 4.60. The lowest BCUT2D eigenvalue weighted by Crippen LogP contribution is -2.44. The van der Waals surface area contributed by atoms with Gasteiger partial charge in [0.15, 0.2) is 5.78 Å². The van der Waals surface area contributed by atoms with Crippen LogP contribution in [0.3, 0.4) is 0 Å². The Balaban J connectivity index is 1.52. The standard InChI is InChI=1S/C22H23FN2O/c1-24-10-12-25(13-11-24)20-8-2-16(3-9-20)14-18-5-4-17-6-7-19(23)15-21(17)22(18)26/h2-3,6-9,14-15H,4-5,10-13H2,1H3/b18-14+. The fraction of sp³-hybridized carbons (Fsp3) is 0.318. The SMILES string of the molecule is CN1CCN(c2ccc(/C=C3\CCc4ccc(F)cc4C3=O)cc2)CC1. The van der Waals surface area contributed by atoms with Crippen LogP contribution in [0.1, 0.15) is 27.9 Å². The summed E-state index contributed by atoms with van der Waals surface area (Å²) in [5.74, 6) is -0.399. The van der Waals surface area contributed by atoms with Crippen LogP contribution in [0.2, 0.25) is 0 Å². The number of carbonyl (C=O) groups excluding carboxylic acids is 1. The molecule has 0 atom stereocenters. The van der Waals surface area contributed by atoms with Gasteiger partial charge in [0.05, 0.1) is 0 Å². The van der Waals surface area contributed by atoms with E-state index >= 15 is 0 Å². The molecule has 2 aromatic rings. The van der Waals surface area contributed by atoms with Gasteiger partial charge in [0.1, 0.15) is 5.82 Å². The molecule has 134 valence electrons. The number of Topliss-reactive ketones (excluding diaryl/α,β-unsaturated/α-hetero) is 1. The van der Waals surface area contributed by atoms with Gasteiger partial charge >= 0.3 is 0 Å². The number of carbonyl (C=O) groups is 1. The van der Waals surface area contributed by atoms with Gasteiger partial charge in [-0.25, -0.2) is 4.39 Å². The first-order chi connectivity index (χ1) is 12.6. The first-order valence-electron chi connectivity index (χ1n) is 9.17. The highest BCUT2D eigenvalue weighted by atomic mass is 19.1. The Morgan fingerprint density at radius 1 is 0.962 bits per heavy atom. The Hall–Kier alpha value is -2.46. The predicted molar refractivity (Wildman–Crippen MR) is 103 cm³/mol. The maximum absolute atomic E-state index is 13.5. The van der Waals surface area contributed by atoms with Gasteiger partial charge in [-0.2, -0.15) is 0 Å². The molecule has 1 aliphatic carbocycles. The maximum Gasteiger partial charge on any atom is 0.189 e. The summed E-state index contributed by atoms with van der Waals surface area (Å²) in [7, 11) is 2.15. The summed E-state index contributed by atoms with van der Waals surface area (Å²) in [5, 5.41) is 0. The van der Waals surface area contributed by atoms with Crippen molar-refractivity contribution in [2.45, 2.75) is 12.8 Å². The van der Waals surface area contributed by atoms with Crippen LogP contribution in [0.25, 0.3) is 6.08 Å². The van der Waals surface area contributed by atoms with E-state index < -0.39 is 0 Å². The minimum Gasteiger partial charge on any atom is -0.369 e. The fourth-order valence-corrected chi connectivity index (χ4v) is 3.72. The average molecular weight is 350 g/mol. The number of allylic oxidation sites excluding steroid dienone is 1. The molecule has 2 aromatic carbocycles. The summed E-state index contributed by atoms with van der Waals surface area (Å²) in [6.07, 6.45) is 3.44. The molecule has 2 aliphatic rings. The maximum atomic E-state index is 13.5. The van der Waals surface area contributed by atoms with Crippen LogP contribution in [0.4, 0.5) is 10.1 Å². The summed E-state index contributed by atoms with van der Waals surface area (Å²) >= 11 is 0. The number of anilines is 1. The van der Waals surface area contributed by atoms with E-state index in [1.807, 2.05) is 6.08 Å². The Bertz CT molecular complexity index is 849. The second kappa shape index (κ2) is 7.04. The number of likely N-dealkylation sites (N-methyl/N-ethyl adjacent to an activating group) is 1. The molecule has 0 saturated carbocycles. The first-order valence-corrected chi connectivity index (χ1v) is 9.17. The van der Waals surface area contributed by atoms with Crippen LogP contribution < -0.4 is 4.90 Å². The van der Waals surface area contributed by atoms with Crippen molar-refractivity contribution in [1.29, 1.82) is 0 Å². The lowest BCUT2D eigenvalue weighted by molar-refractivity contribution is 0.102. The average Bonchev–Trinajstić information content (AvgIpc) is 2.66. The van der Waals surface area contributed by atoms with Crippen molar-refractivity contribution in [3.63, 3.8) is 0 Å². The second-order valence-electron chi connectivity index (χ2n) is 7.18. The number of ketones is 1. The van der Waals surface area contributed by atoms with Crippen molar-refractivity contribution < 1.29 is 9.18 Å². The summed E-state index contributed by atoms with van der Waals surface area (Å²) in [6, 6.07) is 12.9. The normalized spacial score (nSPS) is 19.7. The lowest BCUT2D eigenvalue weighted by atomic mass is 9.86. The molecule has 1 fully saturated rings. The van der Waals surface area contributed by atoms with Crippen molar-refractivity contribution in [1.82, 2.24) is 4.90 Å². The summed E-state index contributed by atoms with van der Waals surface area (Å²) in [6.45, 7) is 4.24. The van der Waals surface area contributed by atoms with E-state index in [0.717, 1.165) is 49.3 Å². The number of halogens is 1. The number of nitrogens with zero attached hydrogens (tertiary/aromatic N) is 2. The van der Waals surface area contributed by atoms with Crippen LogP contribution in [-0.4, -0.2) is 43.9 Å². The predicted octanol–water partition coefficient (Wildman–Crippen LogP) is 3.79. The molecule has 0 aromatic heterocycles. The van der Waals surface area contributed by atoms with E-state index in [9.17, 15) is 9.18 Å². The molecule has 26 heavy (non-hydrogen) atoms. The number of hydrogen-bond donors (Lipinski definition) is 0. The molecule has 0 unspecified atom stereocenters. The van der Waals surface area contributed by atoms with E-state index in [-0.39, 0.29) is 11.6 Å². The third-order valence-electron chi connectivity index (χ3n) is 5.37. The van der Waals surface area contributed by atoms with Crippen LogP contribution in [-0.2, 0) is 6.42 Å². The summed E-state index contributed by atoms with van der Waals surface area (Å²) in [5.41, 5.74) is 4.46. The number of piperazine rings is 1. The molecule has 3 nitrogen and oxygen atoms in total. The highest BCUT2D eigenvalue weighted by molar-refractivity contribution is 6.13. The number of hydrogen-bond acceptors (Lipinski definition) is 3. The van der Waals surface area contributed by atoms with Gasteiger partial charge in [-0.05, 0) is 61.4 Å². The van der Waals surface area contributed by atoms with Gasteiger partial charge in [0, 0.05) is 43.0 Å². The van der Waals surface area contributed by atoms with Crippen molar-refractivity contribution >= 4 is 17.5 Å². The molecule has 0 spiro atoms. The molecule has 0 amide bonds. The highest BCUT2D eigenvalue weighted by Crippen LogP contribution is 2.28. The summed E-state index contributed by atoms with van der Waals surface area (Å²) < 4.78 is 13.5. The topological polar surface area (TPSA) is 23.6 Å². The molecule has 0 bridgehead atoms. The minimum absolute atomic E-state index is 0.0473. The molecule has 4 heteroatoms. The zero-order valence-corrected chi connectivity index (χ0v) is 15.0. The van der Waals surface area contributed by atoms with Crippen molar-refractivity contribution in [2.24, 2.45) is 0 Å². The van der Waals surface area contributed by atoms with Gasteiger partial charge in [-0.15, -0.1) is 0 Å². The smallest absolute Gasteiger partial charge is 0.189 e. The van der Waals surface area contributed by atoms with Gasteiger partial charge in [0.2, 0.25) is 0 Å². The van der Waals surface area contributed by atoms with Crippen molar-refractivity contribution in [3.8, 4) is 0 Å². The molecule has 0 N–H and O–H groups in total. The molecular formula is C22H23FN2O. The largest absolute Gasteiger partial charge is 0.369 e. The van der Waals surface area contributed by atoms with Gasteiger partial charge in [-0.3, -0.25) is 4.79 Å². The Morgan fingerprint density at radius 2 is 1.69 bits per heavy atom. The molecule has 1 aliphatic heterocycles. The fourth-order valence-electron chi connectivity index (χ4n) is 3.72. The summed E-state index contributed by atoms with van der Waals surface area (Å²) in [4.78, 5) is 17.4. The number of benzene rings is 2. The molecule has 1 saturated heterocycles. The zero-order chi connectivity index (χ0) is 18.1. The number of fused-ring (bicyclic) bond motifs is 1. The molecule has 4 rings (SSSR count).